The van der Waals surface area contributed by atoms with E-state index in [-0.39, 0.29) is 23.3 Å². The van der Waals surface area contributed by atoms with Gasteiger partial charge in [0.2, 0.25) is 0 Å². The molecule has 9 nitrogen and oxygen atoms in total. The first-order valence-corrected chi connectivity index (χ1v) is 7.91. The Balaban J connectivity index is 2.98. The zero-order chi connectivity index (χ0) is 18.7. The van der Waals surface area contributed by atoms with Crippen molar-refractivity contribution in [2.45, 2.75) is 46.4 Å². The predicted octanol–water partition coefficient (Wildman–Crippen LogP) is 0.690. The van der Waals surface area contributed by atoms with E-state index in [1.54, 1.807) is 20.8 Å². The molecule has 1 aromatic heterocycles. The number of nitrogens with zero attached hydrogens (tertiary/aromatic N) is 2. The molecular formula is C14H20BrN3O6. The summed E-state index contributed by atoms with van der Waals surface area (Å²) < 4.78 is 6.98. The molecule has 10 heteroatoms. The lowest BCUT2D eigenvalue weighted by molar-refractivity contribution is -0.137. The Morgan fingerprint density at radius 1 is 1.25 bits per heavy atom. The average molecular weight is 406 g/mol. The molecule has 0 atom stereocenters. The summed E-state index contributed by atoms with van der Waals surface area (Å²) in [6, 6.07) is 0. The number of carboxylic acid groups (broad SMARTS) is 1. The van der Waals surface area contributed by atoms with Crippen molar-refractivity contribution in [1.29, 1.82) is 0 Å². The number of hydrogen-bond donors (Lipinski definition) is 2. The van der Waals surface area contributed by atoms with Crippen molar-refractivity contribution < 1.29 is 19.4 Å². The maximum atomic E-state index is 12.3. The molecule has 0 aliphatic carbocycles. The van der Waals surface area contributed by atoms with Crippen LogP contribution in [0.2, 0.25) is 0 Å². The molecule has 1 aromatic rings. The van der Waals surface area contributed by atoms with Gasteiger partial charge in [-0.25, -0.2) is 9.59 Å². The van der Waals surface area contributed by atoms with Gasteiger partial charge in [-0.2, -0.15) is 0 Å². The van der Waals surface area contributed by atoms with Gasteiger partial charge in [0.25, 0.3) is 5.56 Å². The van der Waals surface area contributed by atoms with Gasteiger partial charge < -0.3 is 15.2 Å². The van der Waals surface area contributed by atoms with E-state index in [1.165, 1.54) is 6.92 Å². The molecule has 0 fully saturated rings. The predicted molar refractivity (Wildman–Crippen MR) is 89.3 cm³/mol. The van der Waals surface area contributed by atoms with E-state index in [2.05, 4.69) is 21.2 Å². The summed E-state index contributed by atoms with van der Waals surface area (Å²) in [5, 5.41) is 11.3. The molecular weight excluding hydrogens is 386 g/mol. The molecule has 0 unspecified atom stereocenters. The third-order valence-corrected chi connectivity index (χ3v) is 3.83. The van der Waals surface area contributed by atoms with Gasteiger partial charge in [0.05, 0.1) is 0 Å². The standard InChI is InChI=1S/C14H20BrN3O6/c1-8-10(15)11(21)17(13(23)18(8)7-9(19)20)6-5-16-12(22)24-14(2,3)4/h5-7H2,1-4H3,(H,16,22)(H,19,20). The largest absolute Gasteiger partial charge is 0.480 e. The van der Waals surface area contributed by atoms with Gasteiger partial charge in [-0.1, -0.05) is 0 Å². The number of aromatic nitrogens is 2. The van der Waals surface area contributed by atoms with Gasteiger partial charge in [-0.3, -0.25) is 18.7 Å². The van der Waals surface area contributed by atoms with E-state index < -0.39 is 35.5 Å². The molecule has 1 rings (SSSR count). The topological polar surface area (TPSA) is 120 Å². The van der Waals surface area contributed by atoms with Crippen molar-refractivity contribution in [3.63, 3.8) is 0 Å². The number of halogens is 1. The number of hydrogen-bond acceptors (Lipinski definition) is 5. The van der Waals surface area contributed by atoms with E-state index in [9.17, 15) is 19.2 Å². The fraction of sp³-hybridized carbons (Fsp3) is 0.571. The van der Waals surface area contributed by atoms with Gasteiger partial charge >= 0.3 is 17.8 Å². The van der Waals surface area contributed by atoms with Crippen LogP contribution in [-0.2, 0) is 22.6 Å². The van der Waals surface area contributed by atoms with Gasteiger partial charge in [0.15, 0.2) is 0 Å². The number of carboxylic acids is 1. The van der Waals surface area contributed by atoms with E-state index in [0.717, 1.165) is 9.13 Å². The summed E-state index contributed by atoms with van der Waals surface area (Å²) in [5.74, 6) is -1.20. The monoisotopic (exact) mass is 405 g/mol. The van der Waals surface area contributed by atoms with Gasteiger partial charge in [0.1, 0.15) is 16.6 Å². The molecule has 0 saturated carbocycles. The van der Waals surface area contributed by atoms with Gasteiger partial charge in [0, 0.05) is 18.8 Å². The Morgan fingerprint density at radius 3 is 2.33 bits per heavy atom. The molecule has 0 aromatic carbocycles. The third kappa shape index (κ3) is 5.22. The quantitative estimate of drug-likeness (QED) is 0.743. The average Bonchev–Trinajstić information content (AvgIpc) is 2.43. The van der Waals surface area contributed by atoms with E-state index in [1.807, 2.05) is 0 Å². The van der Waals surface area contributed by atoms with Crippen LogP contribution in [0.25, 0.3) is 0 Å². The van der Waals surface area contributed by atoms with Crippen LogP contribution >= 0.6 is 15.9 Å². The van der Waals surface area contributed by atoms with Gasteiger partial charge in [-0.15, -0.1) is 0 Å². The second-order valence-electron chi connectivity index (χ2n) is 6.05. The summed E-state index contributed by atoms with van der Waals surface area (Å²) in [6.07, 6.45) is -0.674. The van der Waals surface area contributed by atoms with Crippen molar-refractivity contribution in [3.05, 3.63) is 31.0 Å². The molecule has 0 aliphatic heterocycles. The SMILES string of the molecule is Cc1c(Br)c(=O)n(CCNC(=O)OC(C)(C)C)c(=O)n1CC(=O)O. The Bertz CT molecular complexity index is 759. The summed E-state index contributed by atoms with van der Waals surface area (Å²) in [5.41, 5.74) is -1.79. The smallest absolute Gasteiger partial charge is 0.407 e. The summed E-state index contributed by atoms with van der Waals surface area (Å²) in [7, 11) is 0. The fourth-order valence-electron chi connectivity index (χ4n) is 1.87. The fourth-order valence-corrected chi connectivity index (χ4v) is 2.30. The lowest BCUT2D eigenvalue weighted by atomic mass is 10.2. The maximum Gasteiger partial charge on any atom is 0.407 e. The molecule has 0 aliphatic rings. The number of nitrogens with one attached hydrogen (secondary N) is 1. The van der Waals surface area contributed by atoms with Crippen molar-refractivity contribution in [2.24, 2.45) is 0 Å². The number of carbonyl (C=O) groups excluding carboxylic acids is 1. The number of aliphatic carboxylic acids is 1. The first-order valence-electron chi connectivity index (χ1n) is 7.12. The number of rotatable bonds is 5. The second-order valence-corrected chi connectivity index (χ2v) is 6.84. The minimum absolute atomic E-state index is 0.0212. The third-order valence-electron chi connectivity index (χ3n) is 2.91. The zero-order valence-electron chi connectivity index (χ0n) is 13.9. The Hall–Kier alpha value is -2.10. The lowest BCUT2D eigenvalue weighted by Crippen LogP contribution is -2.45. The minimum Gasteiger partial charge on any atom is -0.480 e. The highest BCUT2D eigenvalue weighted by Gasteiger charge is 2.18. The normalized spacial score (nSPS) is 11.2. The van der Waals surface area contributed by atoms with Crippen LogP contribution in [0, 0.1) is 6.92 Å². The molecule has 0 bridgehead atoms. The Labute approximate surface area is 146 Å². The number of amides is 1. The van der Waals surface area contributed by atoms with E-state index in [0.29, 0.717) is 0 Å². The number of carbonyl (C=O) groups is 2. The van der Waals surface area contributed by atoms with Crippen LogP contribution in [0.1, 0.15) is 26.5 Å². The van der Waals surface area contributed by atoms with Crippen LogP contribution in [-0.4, -0.2) is 38.4 Å². The van der Waals surface area contributed by atoms with Crippen molar-refractivity contribution >= 4 is 28.0 Å². The molecule has 2 N–H and O–H groups in total. The Morgan fingerprint density at radius 2 is 1.83 bits per heavy atom. The lowest BCUT2D eigenvalue weighted by Gasteiger charge is -2.20. The summed E-state index contributed by atoms with van der Waals surface area (Å²) in [4.78, 5) is 46.9. The molecule has 1 heterocycles. The maximum absolute atomic E-state index is 12.3. The van der Waals surface area contributed by atoms with Crippen LogP contribution in [0.15, 0.2) is 14.1 Å². The highest BCUT2D eigenvalue weighted by molar-refractivity contribution is 9.10. The van der Waals surface area contributed by atoms with Gasteiger partial charge in [-0.05, 0) is 43.6 Å². The second kappa shape index (κ2) is 7.65. The summed E-state index contributed by atoms with van der Waals surface area (Å²) >= 11 is 3.07. The number of alkyl carbamates (subject to hydrolysis) is 1. The van der Waals surface area contributed by atoms with E-state index in [4.69, 9.17) is 9.84 Å². The first-order chi connectivity index (χ1) is 10.9. The Kier molecular flexibility index (Phi) is 6.35. The van der Waals surface area contributed by atoms with Crippen LogP contribution < -0.4 is 16.6 Å². The molecule has 0 saturated heterocycles. The van der Waals surface area contributed by atoms with Crippen molar-refractivity contribution in [1.82, 2.24) is 14.5 Å². The van der Waals surface area contributed by atoms with Crippen molar-refractivity contribution in [2.75, 3.05) is 6.54 Å². The molecule has 24 heavy (non-hydrogen) atoms. The van der Waals surface area contributed by atoms with E-state index >= 15 is 0 Å². The first kappa shape index (κ1) is 19.9. The highest BCUT2D eigenvalue weighted by atomic mass is 79.9. The number of ether oxygens (including phenoxy) is 1. The molecule has 134 valence electrons. The molecule has 0 radical (unpaired) electrons. The highest BCUT2D eigenvalue weighted by Crippen LogP contribution is 2.08. The van der Waals surface area contributed by atoms with Crippen LogP contribution in [0.3, 0.4) is 0 Å². The molecule has 1 amide bonds. The summed E-state index contributed by atoms with van der Waals surface area (Å²) in [6.45, 7) is 5.89. The minimum atomic E-state index is -1.20. The molecule has 0 spiro atoms. The zero-order valence-corrected chi connectivity index (χ0v) is 15.5. The van der Waals surface area contributed by atoms with Crippen LogP contribution in [0.4, 0.5) is 4.79 Å². The van der Waals surface area contributed by atoms with Crippen molar-refractivity contribution in [3.8, 4) is 0 Å². The van der Waals surface area contributed by atoms with Crippen LogP contribution in [0.5, 0.6) is 0 Å².